The fourth-order valence-corrected chi connectivity index (χ4v) is 2.88. The number of amides is 1. The van der Waals surface area contributed by atoms with Crippen LogP contribution in [0.3, 0.4) is 0 Å². The maximum Gasteiger partial charge on any atom is 0.251 e. The van der Waals surface area contributed by atoms with Crippen molar-refractivity contribution in [3.8, 4) is 11.1 Å². The third-order valence-corrected chi connectivity index (χ3v) is 4.39. The highest BCUT2D eigenvalue weighted by atomic mass is 16.5. The lowest BCUT2D eigenvalue weighted by atomic mass is 10.0. The molecule has 3 rings (SSSR count). The average molecular weight is 345 g/mol. The van der Waals surface area contributed by atoms with Crippen LogP contribution in [-0.2, 0) is 11.3 Å². The molecule has 0 heterocycles. The molecule has 3 aromatic carbocycles. The second-order valence-electron chi connectivity index (χ2n) is 6.31. The number of hydrogen-bond donors (Lipinski definition) is 1. The number of carbonyl (C=O) groups is 1. The lowest BCUT2D eigenvalue weighted by molar-refractivity contribution is 0.0940. The zero-order chi connectivity index (χ0) is 18.4. The van der Waals surface area contributed by atoms with E-state index in [0.29, 0.717) is 12.2 Å². The summed E-state index contributed by atoms with van der Waals surface area (Å²) in [6.07, 6.45) is 0. The van der Waals surface area contributed by atoms with Crippen LogP contribution >= 0.6 is 0 Å². The van der Waals surface area contributed by atoms with E-state index in [1.54, 1.807) is 7.11 Å². The Kier molecular flexibility index (Phi) is 5.82. The predicted octanol–water partition coefficient (Wildman–Crippen LogP) is 4.99. The van der Waals surface area contributed by atoms with E-state index in [4.69, 9.17) is 4.74 Å². The van der Waals surface area contributed by atoms with Gasteiger partial charge in [0.15, 0.2) is 0 Å². The standard InChI is InChI=1S/C23H23NO2/c1-17(24-23(25)22-10-8-18(9-11-22)16-26-2)19-12-14-21(15-13-19)20-6-4-3-5-7-20/h3-15,17H,16H2,1-2H3,(H,24,25)/t17-/m0/s1. The van der Waals surface area contributed by atoms with E-state index in [1.807, 2.05) is 49.4 Å². The molecular weight excluding hydrogens is 322 g/mol. The van der Waals surface area contributed by atoms with Crippen LogP contribution in [0.15, 0.2) is 78.9 Å². The van der Waals surface area contributed by atoms with Gasteiger partial charge in [0, 0.05) is 12.7 Å². The summed E-state index contributed by atoms with van der Waals surface area (Å²) in [6, 6.07) is 26.0. The fraction of sp³-hybridized carbons (Fsp3) is 0.174. The van der Waals surface area contributed by atoms with Gasteiger partial charge in [-0.3, -0.25) is 4.79 Å². The summed E-state index contributed by atoms with van der Waals surface area (Å²) in [7, 11) is 1.66. The Balaban J connectivity index is 1.65. The average Bonchev–Trinajstić information content (AvgIpc) is 2.69. The first kappa shape index (κ1) is 17.9. The molecule has 0 unspecified atom stereocenters. The Labute approximate surface area is 154 Å². The normalized spacial score (nSPS) is 11.8. The van der Waals surface area contributed by atoms with Crippen molar-refractivity contribution in [1.82, 2.24) is 5.32 Å². The first-order valence-electron chi connectivity index (χ1n) is 8.71. The summed E-state index contributed by atoms with van der Waals surface area (Å²) in [5.41, 5.74) is 5.13. The van der Waals surface area contributed by atoms with Crippen molar-refractivity contribution in [2.45, 2.75) is 19.6 Å². The molecule has 0 aliphatic carbocycles. The van der Waals surface area contributed by atoms with Gasteiger partial charge in [-0.1, -0.05) is 66.7 Å². The SMILES string of the molecule is COCc1ccc(C(=O)N[C@@H](C)c2ccc(-c3ccccc3)cc2)cc1. The van der Waals surface area contributed by atoms with Crippen molar-refractivity contribution >= 4 is 5.91 Å². The Hall–Kier alpha value is -2.91. The first-order valence-corrected chi connectivity index (χ1v) is 8.71. The summed E-state index contributed by atoms with van der Waals surface area (Å²) in [6.45, 7) is 2.54. The van der Waals surface area contributed by atoms with E-state index in [2.05, 4.69) is 41.7 Å². The van der Waals surface area contributed by atoms with Crippen molar-refractivity contribution in [1.29, 1.82) is 0 Å². The molecule has 0 aliphatic heterocycles. The molecule has 0 saturated carbocycles. The topological polar surface area (TPSA) is 38.3 Å². The van der Waals surface area contributed by atoms with E-state index in [9.17, 15) is 4.79 Å². The molecule has 0 spiro atoms. The van der Waals surface area contributed by atoms with Gasteiger partial charge < -0.3 is 10.1 Å². The molecule has 1 atom stereocenters. The van der Waals surface area contributed by atoms with Gasteiger partial charge in [-0.2, -0.15) is 0 Å². The van der Waals surface area contributed by atoms with Crippen molar-refractivity contribution < 1.29 is 9.53 Å². The smallest absolute Gasteiger partial charge is 0.251 e. The molecule has 132 valence electrons. The van der Waals surface area contributed by atoms with Gasteiger partial charge in [-0.15, -0.1) is 0 Å². The Morgan fingerprint density at radius 2 is 1.50 bits per heavy atom. The number of rotatable bonds is 6. The maximum absolute atomic E-state index is 12.4. The van der Waals surface area contributed by atoms with Gasteiger partial charge >= 0.3 is 0 Å². The predicted molar refractivity (Wildman–Crippen MR) is 105 cm³/mol. The van der Waals surface area contributed by atoms with Crippen LogP contribution in [-0.4, -0.2) is 13.0 Å². The molecule has 0 fully saturated rings. The summed E-state index contributed by atoms with van der Waals surface area (Å²) in [4.78, 5) is 12.4. The third kappa shape index (κ3) is 4.38. The summed E-state index contributed by atoms with van der Waals surface area (Å²) in [5, 5.41) is 3.05. The van der Waals surface area contributed by atoms with Crippen LogP contribution in [0.5, 0.6) is 0 Å². The van der Waals surface area contributed by atoms with Crippen molar-refractivity contribution in [2.75, 3.05) is 7.11 Å². The van der Waals surface area contributed by atoms with E-state index < -0.39 is 0 Å². The Morgan fingerprint density at radius 1 is 0.885 bits per heavy atom. The van der Waals surface area contributed by atoms with Gasteiger partial charge in [0.25, 0.3) is 5.91 Å². The van der Waals surface area contributed by atoms with E-state index in [0.717, 1.165) is 11.1 Å². The lowest BCUT2D eigenvalue weighted by Crippen LogP contribution is -2.26. The fourth-order valence-electron chi connectivity index (χ4n) is 2.88. The number of benzene rings is 3. The largest absolute Gasteiger partial charge is 0.380 e. The molecule has 1 amide bonds. The molecule has 26 heavy (non-hydrogen) atoms. The molecule has 0 aliphatic rings. The molecule has 1 N–H and O–H groups in total. The summed E-state index contributed by atoms with van der Waals surface area (Å²) < 4.78 is 5.09. The van der Waals surface area contributed by atoms with Gasteiger partial charge in [0.2, 0.25) is 0 Å². The zero-order valence-corrected chi connectivity index (χ0v) is 15.1. The third-order valence-electron chi connectivity index (χ3n) is 4.39. The number of ether oxygens (including phenoxy) is 1. The highest BCUT2D eigenvalue weighted by Crippen LogP contribution is 2.22. The molecule has 0 radical (unpaired) electrons. The lowest BCUT2D eigenvalue weighted by Gasteiger charge is -2.15. The number of carbonyl (C=O) groups excluding carboxylic acids is 1. The van der Waals surface area contributed by atoms with Gasteiger partial charge in [-0.25, -0.2) is 0 Å². The van der Waals surface area contributed by atoms with Crippen LogP contribution in [0.25, 0.3) is 11.1 Å². The Bertz CT molecular complexity index is 840. The van der Waals surface area contributed by atoms with Crippen molar-refractivity contribution in [3.63, 3.8) is 0 Å². The molecule has 3 heteroatoms. The molecular formula is C23H23NO2. The van der Waals surface area contributed by atoms with Gasteiger partial charge in [0.05, 0.1) is 12.6 Å². The molecule has 0 bridgehead atoms. The van der Waals surface area contributed by atoms with Crippen LogP contribution in [0.2, 0.25) is 0 Å². The van der Waals surface area contributed by atoms with Crippen LogP contribution in [0.1, 0.15) is 34.5 Å². The minimum absolute atomic E-state index is 0.0639. The molecule has 0 saturated heterocycles. The first-order chi connectivity index (χ1) is 12.7. The van der Waals surface area contributed by atoms with Crippen LogP contribution < -0.4 is 5.32 Å². The minimum atomic E-state index is -0.0754. The van der Waals surface area contributed by atoms with Crippen LogP contribution in [0, 0.1) is 0 Å². The highest BCUT2D eigenvalue weighted by molar-refractivity contribution is 5.94. The van der Waals surface area contributed by atoms with Crippen molar-refractivity contribution in [2.24, 2.45) is 0 Å². The second kappa shape index (κ2) is 8.45. The maximum atomic E-state index is 12.4. The monoisotopic (exact) mass is 345 g/mol. The molecule has 3 aromatic rings. The molecule has 3 nitrogen and oxygen atoms in total. The van der Waals surface area contributed by atoms with E-state index in [1.165, 1.54) is 11.1 Å². The quantitative estimate of drug-likeness (QED) is 0.683. The number of hydrogen-bond acceptors (Lipinski definition) is 2. The molecule has 0 aromatic heterocycles. The summed E-state index contributed by atoms with van der Waals surface area (Å²) >= 11 is 0. The number of nitrogens with one attached hydrogen (secondary N) is 1. The van der Waals surface area contributed by atoms with Crippen LogP contribution in [0.4, 0.5) is 0 Å². The highest BCUT2D eigenvalue weighted by Gasteiger charge is 2.11. The van der Waals surface area contributed by atoms with Gasteiger partial charge in [-0.05, 0) is 41.3 Å². The van der Waals surface area contributed by atoms with Gasteiger partial charge in [0.1, 0.15) is 0 Å². The van der Waals surface area contributed by atoms with E-state index >= 15 is 0 Å². The van der Waals surface area contributed by atoms with E-state index in [-0.39, 0.29) is 11.9 Å². The Morgan fingerprint density at radius 3 is 2.12 bits per heavy atom. The zero-order valence-electron chi connectivity index (χ0n) is 15.1. The second-order valence-corrected chi connectivity index (χ2v) is 6.31. The van der Waals surface area contributed by atoms with Crippen molar-refractivity contribution in [3.05, 3.63) is 95.6 Å². The summed E-state index contributed by atoms with van der Waals surface area (Å²) in [5.74, 6) is -0.0754. The number of methoxy groups -OCH3 is 1. The minimum Gasteiger partial charge on any atom is -0.380 e.